The molecule has 0 saturated carbocycles. The molecule has 0 fully saturated rings. The van der Waals surface area contributed by atoms with Gasteiger partial charge in [-0.25, -0.2) is 17.9 Å². The van der Waals surface area contributed by atoms with Gasteiger partial charge in [0.1, 0.15) is 6.10 Å². The number of benzene rings is 2. The fourth-order valence-electron chi connectivity index (χ4n) is 2.23. The molecule has 2 rings (SSSR count). The Hall–Kier alpha value is -2.60. The van der Waals surface area contributed by atoms with Crippen molar-refractivity contribution in [3.05, 3.63) is 78.4 Å². The van der Waals surface area contributed by atoms with Crippen LogP contribution in [0.4, 0.5) is 4.79 Å². The van der Waals surface area contributed by atoms with E-state index in [0.717, 1.165) is 11.1 Å². The summed E-state index contributed by atoms with van der Waals surface area (Å²) in [6.07, 6.45) is 1.11. The zero-order valence-corrected chi connectivity index (χ0v) is 14.8. The van der Waals surface area contributed by atoms with Gasteiger partial charge < -0.3 is 4.74 Å². The lowest BCUT2D eigenvalue weighted by Crippen LogP contribution is -2.33. The van der Waals surface area contributed by atoms with Crippen LogP contribution in [0.25, 0.3) is 0 Å². The van der Waals surface area contributed by atoms with Crippen molar-refractivity contribution < 1.29 is 17.9 Å². The normalized spacial score (nSPS) is 12.2. The average molecular weight is 359 g/mol. The van der Waals surface area contributed by atoms with Crippen LogP contribution in [-0.4, -0.2) is 20.6 Å². The molecule has 0 heterocycles. The summed E-state index contributed by atoms with van der Waals surface area (Å²) in [5.74, 6) is 0. The molecular formula is C19H21NO4S. The first-order chi connectivity index (χ1) is 11.9. The van der Waals surface area contributed by atoms with E-state index < -0.39 is 22.2 Å². The van der Waals surface area contributed by atoms with E-state index in [2.05, 4.69) is 6.58 Å². The summed E-state index contributed by atoms with van der Waals surface area (Å²) < 4.78 is 31.4. The highest BCUT2D eigenvalue weighted by Crippen LogP contribution is 2.12. The molecule has 0 aliphatic rings. The number of nitrogens with one attached hydrogen (secondary N) is 1. The van der Waals surface area contributed by atoms with E-state index in [9.17, 15) is 13.2 Å². The van der Waals surface area contributed by atoms with E-state index in [0.29, 0.717) is 12.8 Å². The molecule has 0 saturated heterocycles. The lowest BCUT2D eigenvalue weighted by molar-refractivity contribution is 0.121. The third-order valence-electron chi connectivity index (χ3n) is 3.63. The zero-order valence-electron chi connectivity index (χ0n) is 14.0. The first kappa shape index (κ1) is 18.7. The van der Waals surface area contributed by atoms with Crippen LogP contribution in [0.1, 0.15) is 17.5 Å². The first-order valence-corrected chi connectivity index (χ1v) is 9.35. The van der Waals surface area contributed by atoms with Crippen LogP contribution >= 0.6 is 0 Å². The third-order valence-corrected chi connectivity index (χ3v) is 4.96. The minimum absolute atomic E-state index is 0.00879. The molecule has 0 bridgehead atoms. The fourth-order valence-corrected chi connectivity index (χ4v) is 3.11. The first-order valence-electron chi connectivity index (χ1n) is 7.87. The van der Waals surface area contributed by atoms with Crippen molar-refractivity contribution >= 4 is 16.1 Å². The molecule has 2 aromatic carbocycles. The summed E-state index contributed by atoms with van der Waals surface area (Å²) in [4.78, 5) is 11.9. The van der Waals surface area contributed by atoms with Gasteiger partial charge in [-0.05, 0) is 37.5 Å². The number of sulfonamides is 1. The highest BCUT2D eigenvalue weighted by atomic mass is 32.2. The van der Waals surface area contributed by atoms with Crippen molar-refractivity contribution in [1.29, 1.82) is 0 Å². The predicted molar refractivity (Wildman–Crippen MR) is 96.7 cm³/mol. The van der Waals surface area contributed by atoms with Crippen molar-refractivity contribution in [2.75, 3.05) is 0 Å². The molecule has 1 N–H and O–H groups in total. The number of amides is 1. The van der Waals surface area contributed by atoms with Crippen molar-refractivity contribution in [3.8, 4) is 0 Å². The Bertz CT molecular complexity index is 814. The maximum atomic E-state index is 12.2. The number of ether oxygens (including phenoxy) is 1. The smallest absolute Gasteiger partial charge is 0.421 e. The van der Waals surface area contributed by atoms with Crippen molar-refractivity contribution in [2.45, 2.75) is 30.8 Å². The van der Waals surface area contributed by atoms with E-state index in [1.54, 1.807) is 12.1 Å². The van der Waals surface area contributed by atoms with Crippen molar-refractivity contribution in [1.82, 2.24) is 4.72 Å². The van der Waals surface area contributed by atoms with Crippen LogP contribution in [0.3, 0.4) is 0 Å². The number of carbonyl (C=O) groups excluding carboxylic acids is 1. The molecule has 5 nitrogen and oxygen atoms in total. The average Bonchev–Trinajstić information content (AvgIpc) is 2.59. The lowest BCUT2D eigenvalue weighted by Gasteiger charge is -2.15. The van der Waals surface area contributed by atoms with Crippen molar-refractivity contribution in [3.63, 3.8) is 0 Å². The Kier molecular flexibility index (Phi) is 6.36. The van der Waals surface area contributed by atoms with Gasteiger partial charge in [0.25, 0.3) is 10.0 Å². The summed E-state index contributed by atoms with van der Waals surface area (Å²) in [6.45, 7) is 5.48. The number of carbonyl (C=O) groups is 1. The van der Waals surface area contributed by atoms with Gasteiger partial charge in [-0.1, -0.05) is 60.7 Å². The standard InChI is InChI=1S/C19H21NO4S/c1-3-17(12-11-16-7-5-4-6-8-16)24-19(21)20-25(22,23)18-13-9-15(2)10-14-18/h3-10,13-14,17H,1,11-12H2,2H3,(H,20,21)/t17-/m1/s1. The molecule has 0 unspecified atom stereocenters. The van der Waals surface area contributed by atoms with E-state index in [1.807, 2.05) is 42.0 Å². The second-order valence-electron chi connectivity index (χ2n) is 5.62. The Balaban J connectivity index is 1.92. The van der Waals surface area contributed by atoms with E-state index in [1.165, 1.54) is 18.2 Å². The van der Waals surface area contributed by atoms with Gasteiger partial charge in [0.05, 0.1) is 4.90 Å². The molecule has 1 amide bonds. The van der Waals surface area contributed by atoms with E-state index in [4.69, 9.17) is 4.74 Å². The highest BCUT2D eigenvalue weighted by molar-refractivity contribution is 7.90. The molecular weight excluding hydrogens is 338 g/mol. The van der Waals surface area contributed by atoms with E-state index in [-0.39, 0.29) is 4.90 Å². The second kappa shape index (κ2) is 8.48. The maximum absolute atomic E-state index is 12.2. The molecule has 25 heavy (non-hydrogen) atoms. The highest BCUT2D eigenvalue weighted by Gasteiger charge is 2.20. The van der Waals surface area contributed by atoms with Gasteiger partial charge in [0, 0.05) is 0 Å². The zero-order chi connectivity index (χ0) is 18.3. The topological polar surface area (TPSA) is 72.5 Å². The molecule has 1 atom stereocenters. The molecule has 0 aliphatic heterocycles. The van der Waals surface area contributed by atoms with Crippen LogP contribution in [0.2, 0.25) is 0 Å². The Morgan fingerprint density at radius 3 is 2.40 bits per heavy atom. The fraction of sp³-hybridized carbons (Fsp3) is 0.211. The quantitative estimate of drug-likeness (QED) is 0.767. The molecule has 0 aliphatic carbocycles. The summed E-state index contributed by atoms with van der Waals surface area (Å²) in [6, 6.07) is 15.9. The van der Waals surface area contributed by atoms with Gasteiger partial charge in [-0.15, -0.1) is 0 Å². The summed E-state index contributed by atoms with van der Waals surface area (Å²) in [5.41, 5.74) is 2.03. The largest absolute Gasteiger partial charge is 0.441 e. The summed E-state index contributed by atoms with van der Waals surface area (Å²) in [5, 5.41) is 0. The maximum Gasteiger partial charge on any atom is 0.421 e. The van der Waals surface area contributed by atoms with Crippen LogP contribution < -0.4 is 4.72 Å². The van der Waals surface area contributed by atoms with E-state index >= 15 is 0 Å². The van der Waals surface area contributed by atoms with Crippen LogP contribution in [-0.2, 0) is 21.2 Å². The van der Waals surface area contributed by atoms with Gasteiger partial charge in [-0.3, -0.25) is 0 Å². The molecule has 132 valence electrons. The van der Waals surface area contributed by atoms with Gasteiger partial charge >= 0.3 is 6.09 Å². The molecule has 0 aromatic heterocycles. The Morgan fingerprint density at radius 2 is 1.80 bits per heavy atom. The number of hydrogen-bond acceptors (Lipinski definition) is 4. The molecule has 6 heteroatoms. The van der Waals surface area contributed by atoms with Gasteiger partial charge in [-0.2, -0.15) is 0 Å². The Labute approximate surface area is 148 Å². The summed E-state index contributed by atoms with van der Waals surface area (Å²) >= 11 is 0. The minimum Gasteiger partial charge on any atom is -0.441 e. The molecule has 0 radical (unpaired) electrons. The van der Waals surface area contributed by atoms with Crippen LogP contribution in [0, 0.1) is 6.92 Å². The number of rotatable bonds is 7. The SMILES string of the molecule is C=C[C@H](CCc1ccccc1)OC(=O)NS(=O)(=O)c1ccc(C)cc1. The van der Waals surface area contributed by atoms with Crippen LogP contribution in [0.5, 0.6) is 0 Å². The minimum atomic E-state index is -3.96. The number of aryl methyl sites for hydroxylation is 2. The molecule has 2 aromatic rings. The molecule has 0 spiro atoms. The summed E-state index contributed by atoms with van der Waals surface area (Å²) in [7, 11) is -3.96. The Morgan fingerprint density at radius 1 is 1.16 bits per heavy atom. The third kappa shape index (κ3) is 5.76. The van der Waals surface area contributed by atoms with Crippen LogP contribution in [0.15, 0.2) is 72.1 Å². The lowest BCUT2D eigenvalue weighted by atomic mass is 10.1. The number of hydrogen-bond donors (Lipinski definition) is 1. The second-order valence-corrected chi connectivity index (χ2v) is 7.30. The van der Waals surface area contributed by atoms with Gasteiger partial charge in [0.2, 0.25) is 0 Å². The monoisotopic (exact) mass is 359 g/mol. The van der Waals surface area contributed by atoms with Crippen molar-refractivity contribution in [2.24, 2.45) is 0 Å². The van der Waals surface area contributed by atoms with Gasteiger partial charge in [0.15, 0.2) is 0 Å². The predicted octanol–water partition coefficient (Wildman–Crippen LogP) is 3.60.